The molecule has 0 saturated carbocycles. The molecule has 3 heteroatoms. The fourth-order valence-corrected chi connectivity index (χ4v) is 3.27. The van der Waals surface area contributed by atoms with Crippen LogP contribution in [-0.2, 0) is 6.54 Å². The van der Waals surface area contributed by atoms with E-state index >= 15 is 0 Å². The van der Waals surface area contributed by atoms with Crippen LogP contribution in [0.4, 0.5) is 5.69 Å². The quantitative estimate of drug-likeness (QED) is 0.841. The third-order valence-electron chi connectivity index (χ3n) is 4.33. The van der Waals surface area contributed by atoms with Crippen LogP contribution in [0.5, 0.6) is 0 Å². The number of aryl methyl sites for hydroxylation is 1. The van der Waals surface area contributed by atoms with Crippen molar-refractivity contribution in [2.75, 3.05) is 38.1 Å². The number of likely N-dealkylation sites (N-methyl/N-ethyl adjacent to an activating group) is 1. The molecule has 1 aliphatic heterocycles. The number of hydrogen-bond acceptors (Lipinski definition) is 3. The molecular weight excluding hydrogens is 258 g/mol. The van der Waals surface area contributed by atoms with E-state index in [1.54, 1.807) is 0 Å². The molecule has 1 saturated heterocycles. The van der Waals surface area contributed by atoms with Crippen molar-refractivity contribution in [3.8, 4) is 0 Å². The summed E-state index contributed by atoms with van der Waals surface area (Å²) in [5.74, 6) is 0. The molecule has 1 aromatic carbocycles. The Balaban J connectivity index is 2.20. The second kappa shape index (κ2) is 7.81. The zero-order valence-electron chi connectivity index (χ0n) is 14.2. The highest BCUT2D eigenvalue weighted by molar-refractivity contribution is 5.56. The maximum absolute atomic E-state index is 3.56. The molecule has 1 unspecified atom stereocenters. The van der Waals surface area contributed by atoms with Gasteiger partial charge < -0.3 is 15.1 Å². The van der Waals surface area contributed by atoms with Crippen molar-refractivity contribution in [3.05, 3.63) is 29.3 Å². The van der Waals surface area contributed by atoms with Crippen LogP contribution < -0.4 is 10.2 Å². The van der Waals surface area contributed by atoms with Gasteiger partial charge >= 0.3 is 0 Å². The van der Waals surface area contributed by atoms with Crippen LogP contribution >= 0.6 is 0 Å². The molecule has 2 rings (SSSR count). The number of anilines is 1. The first-order valence-corrected chi connectivity index (χ1v) is 8.37. The number of nitrogens with one attached hydrogen (secondary N) is 1. The predicted octanol–water partition coefficient (Wildman–Crippen LogP) is 3.03. The lowest BCUT2D eigenvalue weighted by atomic mass is 10.1. The smallest absolute Gasteiger partial charge is 0.0414 e. The molecule has 21 heavy (non-hydrogen) atoms. The van der Waals surface area contributed by atoms with Gasteiger partial charge in [0.2, 0.25) is 0 Å². The lowest BCUT2D eigenvalue weighted by Crippen LogP contribution is -2.38. The second-order valence-corrected chi connectivity index (χ2v) is 6.47. The summed E-state index contributed by atoms with van der Waals surface area (Å²) in [4.78, 5) is 5.06. The van der Waals surface area contributed by atoms with E-state index in [1.807, 2.05) is 0 Å². The molecule has 1 heterocycles. The van der Waals surface area contributed by atoms with E-state index in [0.717, 1.165) is 26.2 Å². The fraction of sp³-hybridized carbons (Fsp3) is 0.667. The van der Waals surface area contributed by atoms with Crippen molar-refractivity contribution < 1.29 is 0 Å². The number of hydrogen-bond donors (Lipinski definition) is 1. The first kappa shape index (κ1) is 16.3. The fourth-order valence-electron chi connectivity index (χ4n) is 3.27. The Hall–Kier alpha value is -1.06. The standard InChI is InChI=1S/C18H31N3/c1-5-9-19-13-17-12-15(2)7-8-18(17)21-11-6-10-20(4)14-16(21)3/h7-8,12,16,19H,5-6,9-11,13-14H2,1-4H3. The Bertz CT molecular complexity index is 444. The molecule has 0 spiro atoms. The summed E-state index contributed by atoms with van der Waals surface area (Å²) < 4.78 is 0. The van der Waals surface area contributed by atoms with Gasteiger partial charge in [-0.1, -0.05) is 24.6 Å². The molecule has 0 amide bonds. The van der Waals surface area contributed by atoms with Gasteiger partial charge in [0.1, 0.15) is 0 Å². The third-order valence-corrected chi connectivity index (χ3v) is 4.33. The molecule has 1 aromatic rings. The van der Waals surface area contributed by atoms with Gasteiger partial charge in [0, 0.05) is 31.4 Å². The minimum atomic E-state index is 0.574. The topological polar surface area (TPSA) is 18.5 Å². The normalized spacial score (nSPS) is 20.6. The molecule has 0 radical (unpaired) electrons. The maximum atomic E-state index is 3.56. The largest absolute Gasteiger partial charge is 0.367 e. The van der Waals surface area contributed by atoms with Crippen molar-refractivity contribution in [1.29, 1.82) is 0 Å². The minimum Gasteiger partial charge on any atom is -0.367 e. The summed E-state index contributed by atoms with van der Waals surface area (Å²) in [7, 11) is 2.23. The van der Waals surface area contributed by atoms with E-state index in [1.165, 1.54) is 36.2 Å². The van der Waals surface area contributed by atoms with Crippen LogP contribution in [0.2, 0.25) is 0 Å². The van der Waals surface area contributed by atoms with E-state index in [-0.39, 0.29) is 0 Å². The number of nitrogens with zero attached hydrogens (tertiary/aromatic N) is 2. The van der Waals surface area contributed by atoms with Gasteiger partial charge in [-0.05, 0) is 58.5 Å². The van der Waals surface area contributed by atoms with E-state index in [0.29, 0.717) is 6.04 Å². The zero-order chi connectivity index (χ0) is 15.2. The number of benzene rings is 1. The van der Waals surface area contributed by atoms with Crippen molar-refractivity contribution in [2.45, 2.75) is 46.2 Å². The molecule has 0 aromatic heterocycles. The van der Waals surface area contributed by atoms with E-state index < -0.39 is 0 Å². The Morgan fingerprint density at radius 1 is 1.29 bits per heavy atom. The highest BCUT2D eigenvalue weighted by Gasteiger charge is 2.21. The molecule has 118 valence electrons. The summed E-state index contributed by atoms with van der Waals surface area (Å²) in [6.07, 6.45) is 2.43. The molecule has 0 bridgehead atoms. The highest BCUT2D eigenvalue weighted by Crippen LogP contribution is 2.26. The van der Waals surface area contributed by atoms with Crippen LogP contribution in [0.1, 0.15) is 37.8 Å². The summed E-state index contributed by atoms with van der Waals surface area (Å²) in [6.45, 7) is 12.3. The summed E-state index contributed by atoms with van der Waals surface area (Å²) >= 11 is 0. The van der Waals surface area contributed by atoms with Gasteiger partial charge in [0.15, 0.2) is 0 Å². The number of rotatable bonds is 5. The van der Waals surface area contributed by atoms with Crippen molar-refractivity contribution in [2.24, 2.45) is 0 Å². The highest BCUT2D eigenvalue weighted by atomic mass is 15.2. The average molecular weight is 289 g/mol. The van der Waals surface area contributed by atoms with Crippen molar-refractivity contribution >= 4 is 5.69 Å². The van der Waals surface area contributed by atoms with Crippen molar-refractivity contribution in [1.82, 2.24) is 10.2 Å². The molecular formula is C18H31N3. The summed E-state index contributed by atoms with van der Waals surface area (Å²) in [5.41, 5.74) is 4.22. The van der Waals surface area contributed by atoms with Crippen LogP contribution in [0.3, 0.4) is 0 Å². The lowest BCUT2D eigenvalue weighted by Gasteiger charge is -2.32. The van der Waals surface area contributed by atoms with Gasteiger partial charge in [-0.15, -0.1) is 0 Å². The van der Waals surface area contributed by atoms with Crippen LogP contribution in [0, 0.1) is 6.92 Å². The van der Waals surface area contributed by atoms with Crippen LogP contribution in [0.15, 0.2) is 18.2 Å². The van der Waals surface area contributed by atoms with Gasteiger partial charge in [-0.25, -0.2) is 0 Å². The van der Waals surface area contributed by atoms with Crippen molar-refractivity contribution in [3.63, 3.8) is 0 Å². The molecule has 3 nitrogen and oxygen atoms in total. The molecule has 1 fully saturated rings. The lowest BCUT2D eigenvalue weighted by molar-refractivity contribution is 0.337. The Morgan fingerprint density at radius 2 is 2.10 bits per heavy atom. The monoisotopic (exact) mass is 289 g/mol. The average Bonchev–Trinajstić information content (AvgIpc) is 2.60. The molecule has 1 atom stereocenters. The van der Waals surface area contributed by atoms with Gasteiger partial charge in [0.25, 0.3) is 0 Å². The first-order chi connectivity index (χ1) is 10.1. The second-order valence-electron chi connectivity index (χ2n) is 6.47. The van der Waals surface area contributed by atoms with Crippen LogP contribution in [0.25, 0.3) is 0 Å². The third kappa shape index (κ3) is 4.45. The first-order valence-electron chi connectivity index (χ1n) is 8.37. The van der Waals surface area contributed by atoms with Gasteiger partial charge in [-0.2, -0.15) is 0 Å². The molecule has 1 N–H and O–H groups in total. The summed E-state index contributed by atoms with van der Waals surface area (Å²) in [6, 6.07) is 7.49. The predicted molar refractivity (Wildman–Crippen MR) is 92.1 cm³/mol. The summed E-state index contributed by atoms with van der Waals surface area (Å²) in [5, 5.41) is 3.56. The maximum Gasteiger partial charge on any atom is 0.0414 e. The van der Waals surface area contributed by atoms with Gasteiger partial charge in [-0.3, -0.25) is 0 Å². The zero-order valence-corrected chi connectivity index (χ0v) is 14.2. The van der Waals surface area contributed by atoms with E-state index in [9.17, 15) is 0 Å². The minimum absolute atomic E-state index is 0.574. The Morgan fingerprint density at radius 3 is 2.86 bits per heavy atom. The van der Waals surface area contributed by atoms with E-state index in [2.05, 4.69) is 61.1 Å². The van der Waals surface area contributed by atoms with Gasteiger partial charge in [0.05, 0.1) is 0 Å². The molecule has 0 aliphatic carbocycles. The van der Waals surface area contributed by atoms with E-state index in [4.69, 9.17) is 0 Å². The SMILES string of the molecule is CCCNCc1cc(C)ccc1N1CCCN(C)CC1C. The Kier molecular flexibility index (Phi) is 6.07. The Labute approximate surface area is 130 Å². The van der Waals surface area contributed by atoms with Crippen LogP contribution in [-0.4, -0.2) is 44.2 Å². The molecule has 1 aliphatic rings.